The van der Waals surface area contributed by atoms with Crippen LogP contribution in [0, 0.1) is 11.8 Å². The van der Waals surface area contributed by atoms with Crippen molar-refractivity contribution in [1.82, 2.24) is 5.32 Å². The quantitative estimate of drug-likeness (QED) is 0.767. The number of rotatable bonds is 6. The molecule has 100 valence electrons. The second-order valence-electron chi connectivity index (χ2n) is 5.98. The zero-order chi connectivity index (χ0) is 12.1. The van der Waals surface area contributed by atoms with Crippen LogP contribution < -0.4 is 5.32 Å². The fraction of sp³-hybridized carbons (Fsp3) is 1.00. The molecule has 0 aromatic heterocycles. The Labute approximate surface area is 107 Å². The summed E-state index contributed by atoms with van der Waals surface area (Å²) in [7, 11) is 2.08. The summed E-state index contributed by atoms with van der Waals surface area (Å²) < 4.78 is 6.16. The topological polar surface area (TPSA) is 21.3 Å². The van der Waals surface area contributed by atoms with Gasteiger partial charge < -0.3 is 10.1 Å². The van der Waals surface area contributed by atoms with E-state index < -0.39 is 0 Å². The molecule has 2 saturated carbocycles. The highest BCUT2D eigenvalue weighted by atomic mass is 16.5. The van der Waals surface area contributed by atoms with Gasteiger partial charge in [0, 0.05) is 12.6 Å². The predicted molar refractivity (Wildman–Crippen MR) is 72.2 cm³/mol. The monoisotopic (exact) mass is 239 g/mol. The SMILES string of the molecule is CCC1CCC(NC)C(OCCC2CCC2)C1. The standard InChI is InChI=1S/C15H29NO/c1-3-12-7-8-14(16-2)15(11-12)17-10-9-13-5-4-6-13/h12-16H,3-11H2,1-2H3. The van der Waals surface area contributed by atoms with Crippen molar-refractivity contribution in [3.05, 3.63) is 0 Å². The van der Waals surface area contributed by atoms with Crippen LogP contribution in [0.25, 0.3) is 0 Å². The largest absolute Gasteiger partial charge is 0.377 e. The summed E-state index contributed by atoms with van der Waals surface area (Å²) in [6.45, 7) is 3.31. The highest BCUT2D eigenvalue weighted by molar-refractivity contribution is 4.84. The summed E-state index contributed by atoms with van der Waals surface area (Å²) in [5.41, 5.74) is 0. The average molecular weight is 239 g/mol. The number of likely N-dealkylation sites (N-methyl/N-ethyl adjacent to an activating group) is 1. The maximum Gasteiger partial charge on any atom is 0.0730 e. The van der Waals surface area contributed by atoms with Gasteiger partial charge in [0.25, 0.3) is 0 Å². The van der Waals surface area contributed by atoms with Gasteiger partial charge in [-0.2, -0.15) is 0 Å². The third-order valence-electron chi connectivity index (χ3n) is 4.93. The first-order valence-electron chi connectivity index (χ1n) is 7.62. The second-order valence-corrected chi connectivity index (χ2v) is 5.98. The first kappa shape index (κ1) is 13.4. The van der Waals surface area contributed by atoms with Crippen molar-refractivity contribution >= 4 is 0 Å². The molecule has 3 atom stereocenters. The summed E-state index contributed by atoms with van der Waals surface area (Å²) in [5, 5.41) is 3.44. The summed E-state index contributed by atoms with van der Waals surface area (Å²) in [6, 6.07) is 0.596. The molecule has 0 amide bonds. The summed E-state index contributed by atoms with van der Waals surface area (Å²) in [6.07, 6.45) is 11.4. The Morgan fingerprint density at radius 3 is 2.53 bits per heavy atom. The van der Waals surface area contributed by atoms with E-state index in [1.165, 1.54) is 51.4 Å². The Balaban J connectivity index is 1.70. The third-order valence-corrected chi connectivity index (χ3v) is 4.93. The van der Waals surface area contributed by atoms with Crippen LogP contribution in [0.4, 0.5) is 0 Å². The molecule has 1 N–H and O–H groups in total. The molecule has 0 saturated heterocycles. The maximum atomic E-state index is 6.16. The number of ether oxygens (including phenoxy) is 1. The zero-order valence-corrected chi connectivity index (χ0v) is 11.6. The van der Waals surface area contributed by atoms with Crippen LogP contribution in [0.3, 0.4) is 0 Å². The average Bonchev–Trinajstić information content (AvgIpc) is 2.32. The maximum absolute atomic E-state index is 6.16. The van der Waals surface area contributed by atoms with Crippen molar-refractivity contribution in [2.75, 3.05) is 13.7 Å². The summed E-state index contributed by atoms with van der Waals surface area (Å²) >= 11 is 0. The molecule has 2 nitrogen and oxygen atoms in total. The van der Waals surface area contributed by atoms with E-state index in [2.05, 4.69) is 19.3 Å². The molecule has 2 aliphatic carbocycles. The van der Waals surface area contributed by atoms with E-state index >= 15 is 0 Å². The van der Waals surface area contributed by atoms with E-state index in [-0.39, 0.29) is 0 Å². The van der Waals surface area contributed by atoms with Gasteiger partial charge in [0.1, 0.15) is 0 Å². The lowest BCUT2D eigenvalue weighted by Crippen LogP contribution is -2.44. The van der Waals surface area contributed by atoms with Gasteiger partial charge in [-0.3, -0.25) is 0 Å². The van der Waals surface area contributed by atoms with Crippen molar-refractivity contribution in [1.29, 1.82) is 0 Å². The molecule has 17 heavy (non-hydrogen) atoms. The molecule has 2 aliphatic rings. The Bertz CT molecular complexity index is 215. The van der Waals surface area contributed by atoms with E-state index in [4.69, 9.17) is 4.74 Å². The number of hydrogen-bond acceptors (Lipinski definition) is 2. The molecule has 2 rings (SSSR count). The highest BCUT2D eigenvalue weighted by Gasteiger charge is 2.29. The molecule has 0 aliphatic heterocycles. The van der Waals surface area contributed by atoms with Crippen molar-refractivity contribution in [2.45, 2.75) is 70.4 Å². The van der Waals surface area contributed by atoms with Crippen molar-refractivity contribution in [3.63, 3.8) is 0 Å². The molecule has 0 aromatic rings. The van der Waals surface area contributed by atoms with Crippen molar-refractivity contribution in [2.24, 2.45) is 11.8 Å². The molecule has 0 aromatic carbocycles. The van der Waals surface area contributed by atoms with Gasteiger partial charge in [-0.15, -0.1) is 0 Å². The van der Waals surface area contributed by atoms with Gasteiger partial charge in [-0.1, -0.05) is 32.6 Å². The number of hydrogen-bond donors (Lipinski definition) is 1. The van der Waals surface area contributed by atoms with E-state index in [9.17, 15) is 0 Å². The van der Waals surface area contributed by atoms with E-state index in [0.29, 0.717) is 12.1 Å². The van der Waals surface area contributed by atoms with Crippen LogP contribution in [-0.4, -0.2) is 25.8 Å². The summed E-state index contributed by atoms with van der Waals surface area (Å²) in [5.74, 6) is 1.88. The van der Waals surface area contributed by atoms with Crippen LogP contribution in [-0.2, 0) is 4.74 Å². The molecular weight excluding hydrogens is 210 g/mol. The van der Waals surface area contributed by atoms with Crippen LogP contribution in [0.2, 0.25) is 0 Å². The lowest BCUT2D eigenvalue weighted by Gasteiger charge is -2.36. The van der Waals surface area contributed by atoms with E-state index in [1.807, 2.05) is 0 Å². The molecule has 0 heterocycles. The third kappa shape index (κ3) is 3.69. The lowest BCUT2D eigenvalue weighted by molar-refractivity contribution is -0.0170. The smallest absolute Gasteiger partial charge is 0.0730 e. The normalized spacial score (nSPS) is 34.6. The molecule has 0 bridgehead atoms. The highest BCUT2D eigenvalue weighted by Crippen LogP contribution is 2.31. The fourth-order valence-electron chi connectivity index (χ4n) is 3.26. The van der Waals surface area contributed by atoms with Crippen LogP contribution in [0.5, 0.6) is 0 Å². The van der Waals surface area contributed by atoms with Gasteiger partial charge in [-0.25, -0.2) is 0 Å². The Hall–Kier alpha value is -0.0800. The molecule has 2 heteroatoms. The minimum absolute atomic E-state index is 0.471. The van der Waals surface area contributed by atoms with Crippen molar-refractivity contribution < 1.29 is 4.74 Å². The molecular formula is C15H29NO. The molecule has 3 unspecified atom stereocenters. The van der Waals surface area contributed by atoms with E-state index in [1.54, 1.807) is 0 Å². The van der Waals surface area contributed by atoms with Gasteiger partial charge in [-0.05, 0) is 44.6 Å². The van der Waals surface area contributed by atoms with Gasteiger partial charge in [0.05, 0.1) is 6.10 Å². The minimum atomic E-state index is 0.471. The Morgan fingerprint density at radius 2 is 1.94 bits per heavy atom. The number of nitrogens with one attached hydrogen (secondary N) is 1. The fourth-order valence-corrected chi connectivity index (χ4v) is 3.26. The molecule has 0 spiro atoms. The van der Waals surface area contributed by atoms with Gasteiger partial charge >= 0.3 is 0 Å². The van der Waals surface area contributed by atoms with Crippen LogP contribution in [0.15, 0.2) is 0 Å². The first-order chi connectivity index (χ1) is 8.33. The lowest BCUT2D eigenvalue weighted by atomic mass is 9.82. The summed E-state index contributed by atoms with van der Waals surface area (Å²) in [4.78, 5) is 0. The molecule has 2 fully saturated rings. The Morgan fingerprint density at radius 1 is 1.12 bits per heavy atom. The minimum Gasteiger partial charge on any atom is -0.377 e. The van der Waals surface area contributed by atoms with E-state index in [0.717, 1.165) is 18.4 Å². The zero-order valence-electron chi connectivity index (χ0n) is 11.6. The first-order valence-corrected chi connectivity index (χ1v) is 7.62. The molecule has 0 radical (unpaired) electrons. The Kier molecular flexibility index (Phi) is 5.30. The van der Waals surface area contributed by atoms with Crippen LogP contribution in [0.1, 0.15) is 58.3 Å². The van der Waals surface area contributed by atoms with Gasteiger partial charge in [0.15, 0.2) is 0 Å². The van der Waals surface area contributed by atoms with Crippen molar-refractivity contribution in [3.8, 4) is 0 Å². The second kappa shape index (κ2) is 6.75. The van der Waals surface area contributed by atoms with Gasteiger partial charge in [0.2, 0.25) is 0 Å². The predicted octanol–water partition coefficient (Wildman–Crippen LogP) is 3.36. The van der Waals surface area contributed by atoms with Crippen LogP contribution >= 0.6 is 0 Å².